The normalized spacial score (nSPS) is 41.3. The van der Waals surface area contributed by atoms with Crippen molar-refractivity contribution in [1.29, 1.82) is 0 Å². The van der Waals surface area contributed by atoms with Gasteiger partial charge in [0.05, 0.1) is 0 Å². The Kier molecular flexibility index (Phi) is 2.35. The van der Waals surface area contributed by atoms with Gasteiger partial charge in [-0.1, -0.05) is 44.0 Å². The Bertz CT molecular complexity index is 466. The van der Waals surface area contributed by atoms with E-state index in [0.29, 0.717) is 5.54 Å². The molecular weight excluding hydrogens is 218 g/mol. The summed E-state index contributed by atoms with van der Waals surface area (Å²) in [6, 6.07) is 9.98. The molecule has 0 amide bonds. The fourth-order valence-corrected chi connectivity index (χ4v) is 5.17. The zero-order chi connectivity index (χ0) is 12.2. The van der Waals surface area contributed by atoms with E-state index in [1.807, 2.05) is 0 Å². The Morgan fingerprint density at radius 1 is 1.28 bits per heavy atom. The van der Waals surface area contributed by atoms with Crippen LogP contribution < -0.4 is 5.32 Å². The first-order valence-corrected chi connectivity index (χ1v) is 7.71. The highest BCUT2D eigenvalue weighted by Gasteiger charge is 2.56. The molecule has 18 heavy (non-hydrogen) atoms. The van der Waals surface area contributed by atoms with Crippen molar-refractivity contribution in [2.24, 2.45) is 11.8 Å². The van der Waals surface area contributed by atoms with Crippen molar-refractivity contribution in [3.8, 4) is 0 Å². The SMILES string of the molecule is CCC1N[C@@]23CCCC[C@H]2[C@@H]1Cc1ccccc13. The third-order valence-corrected chi connectivity index (χ3v) is 5.84. The van der Waals surface area contributed by atoms with E-state index in [0.717, 1.165) is 17.9 Å². The molecule has 2 bridgehead atoms. The maximum atomic E-state index is 4.07. The summed E-state index contributed by atoms with van der Waals surface area (Å²) in [5, 5.41) is 4.07. The molecule has 1 saturated heterocycles. The predicted molar refractivity (Wildman–Crippen MR) is 74.5 cm³/mol. The van der Waals surface area contributed by atoms with E-state index >= 15 is 0 Å². The molecule has 1 unspecified atom stereocenters. The van der Waals surface area contributed by atoms with Gasteiger partial charge >= 0.3 is 0 Å². The lowest BCUT2D eigenvalue weighted by Crippen LogP contribution is -2.47. The Morgan fingerprint density at radius 2 is 2.17 bits per heavy atom. The molecule has 96 valence electrons. The molecule has 1 nitrogen and oxygen atoms in total. The minimum Gasteiger partial charge on any atom is -0.304 e. The standard InChI is InChI=1S/C17H23N/c1-2-16-13-11-12-7-3-4-8-14(12)17(18-16)10-6-5-9-15(13)17/h3-4,7-8,13,15-16,18H,2,5-6,9-11H2,1H3/t13-,15-,16?,17+/m0/s1. The monoisotopic (exact) mass is 241 g/mol. The van der Waals surface area contributed by atoms with Gasteiger partial charge in [0.25, 0.3) is 0 Å². The van der Waals surface area contributed by atoms with Crippen LogP contribution in [0.4, 0.5) is 0 Å². The fourth-order valence-electron chi connectivity index (χ4n) is 5.17. The van der Waals surface area contributed by atoms with E-state index < -0.39 is 0 Å². The van der Waals surface area contributed by atoms with Crippen LogP contribution in [0.2, 0.25) is 0 Å². The van der Waals surface area contributed by atoms with Gasteiger partial charge in [-0.25, -0.2) is 0 Å². The molecule has 3 aliphatic rings. The van der Waals surface area contributed by atoms with Crippen molar-refractivity contribution in [1.82, 2.24) is 5.32 Å². The number of fused-ring (bicyclic) bond motifs is 1. The molecule has 0 spiro atoms. The molecule has 1 aromatic rings. The van der Waals surface area contributed by atoms with Crippen LogP contribution in [-0.2, 0) is 12.0 Å². The molecule has 1 aromatic carbocycles. The molecule has 1 aliphatic heterocycles. The van der Waals surface area contributed by atoms with Crippen molar-refractivity contribution in [2.45, 2.75) is 57.0 Å². The maximum Gasteiger partial charge on any atom is 0.0471 e. The summed E-state index contributed by atoms with van der Waals surface area (Å²) in [6.07, 6.45) is 8.26. The summed E-state index contributed by atoms with van der Waals surface area (Å²) in [5.74, 6) is 1.80. The Balaban J connectivity index is 1.88. The van der Waals surface area contributed by atoms with Gasteiger partial charge in [0.1, 0.15) is 0 Å². The zero-order valence-electron chi connectivity index (χ0n) is 11.3. The smallest absolute Gasteiger partial charge is 0.0471 e. The third kappa shape index (κ3) is 1.26. The number of rotatable bonds is 1. The van der Waals surface area contributed by atoms with E-state index in [2.05, 4.69) is 36.5 Å². The highest BCUT2D eigenvalue weighted by molar-refractivity contribution is 5.41. The second kappa shape index (κ2) is 3.84. The molecule has 0 aromatic heterocycles. The summed E-state index contributed by atoms with van der Waals surface area (Å²) in [6.45, 7) is 2.35. The first kappa shape index (κ1) is 11.0. The Morgan fingerprint density at radius 3 is 3.06 bits per heavy atom. The number of hydrogen-bond acceptors (Lipinski definition) is 1. The predicted octanol–water partition coefficient (Wildman–Crippen LogP) is 3.63. The van der Waals surface area contributed by atoms with E-state index in [1.165, 1.54) is 38.5 Å². The van der Waals surface area contributed by atoms with Gasteiger partial charge < -0.3 is 5.32 Å². The van der Waals surface area contributed by atoms with Crippen LogP contribution in [0.25, 0.3) is 0 Å². The van der Waals surface area contributed by atoms with Crippen molar-refractivity contribution in [3.63, 3.8) is 0 Å². The van der Waals surface area contributed by atoms with Crippen LogP contribution in [0.1, 0.15) is 50.2 Å². The van der Waals surface area contributed by atoms with Crippen LogP contribution in [0, 0.1) is 11.8 Å². The van der Waals surface area contributed by atoms with E-state index in [4.69, 9.17) is 0 Å². The van der Waals surface area contributed by atoms with Gasteiger partial charge in [0, 0.05) is 11.6 Å². The highest BCUT2D eigenvalue weighted by atomic mass is 15.1. The van der Waals surface area contributed by atoms with Gasteiger partial charge in [-0.3, -0.25) is 0 Å². The summed E-state index contributed by atoms with van der Waals surface area (Å²) in [5.41, 5.74) is 3.62. The quantitative estimate of drug-likeness (QED) is 0.791. The molecule has 4 atom stereocenters. The zero-order valence-corrected chi connectivity index (χ0v) is 11.3. The number of benzene rings is 1. The van der Waals surface area contributed by atoms with Gasteiger partial charge in [0.15, 0.2) is 0 Å². The summed E-state index contributed by atoms with van der Waals surface area (Å²) in [7, 11) is 0. The van der Waals surface area contributed by atoms with E-state index in [9.17, 15) is 0 Å². The van der Waals surface area contributed by atoms with Crippen LogP contribution in [0.5, 0.6) is 0 Å². The maximum absolute atomic E-state index is 4.07. The Labute approximate surface area is 110 Å². The molecule has 2 fully saturated rings. The lowest BCUT2D eigenvalue weighted by molar-refractivity contribution is 0.153. The van der Waals surface area contributed by atoms with Gasteiger partial charge in [-0.15, -0.1) is 0 Å². The van der Waals surface area contributed by atoms with Gasteiger partial charge in [-0.05, 0) is 48.6 Å². The number of nitrogens with one attached hydrogen (secondary N) is 1. The van der Waals surface area contributed by atoms with Crippen molar-refractivity contribution in [3.05, 3.63) is 35.4 Å². The molecule has 1 N–H and O–H groups in total. The molecule has 2 aliphatic carbocycles. The minimum absolute atomic E-state index is 0.346. The second-order valence-electron chi connectivity index (χ2n) is 6.51. The first-order chi connectivity index (χ1) is 8.85. The van der Waals surface area contributed by atoms with E-state index in [-0.39, 0.29) is 0 Å². The highest BCUT2D eigenvalue weighted by Crippen LogP contribution is 2.56. The molecular formula is C17H23N. The van der Waals surface area contributed by atoms with Crippen LogP contribution in [-0.4, -0.2) is 6.04 Å². The molecule has 1 heterocycles. The lowest BCUT2D eigenvalue weighted by atomic mass is 9.61. The minimum atomic E-state index is 0.346. The van der Waals surface area contributed by atoms with Gasteiger partial charge in [0.2, 0.25) is 0 Å². The molecule has 4 rings (SSSR count). The fraction of sp³-hybridized carbons (Fsp3) is 0.647. The summed E-state index contributed by atoms with van der Waals surface area (Å²) < 4.78 is 0. The largest absolute Gasteiger partial charge is 0.304 e. The molecule has 1 heteroatoms. The Hall–Kier alpha value is -0.820. The van der Waals surface area contributed by atoms with Gasteiger partial charge in [-0.2, -0.15) is 0 Å². The number of hydrogen-bond donors (Lipinski definition) is 1. The van der Waals surface area contributed by atoms with Crippen LogP contribution >= 0.6 is 0 Å². The first-order valence-electron chi connectivity index (χ1n) is 7.71. The van der Waals surface area contributed by atoms with Crippen LogP contribution in [0.15, 0.2) is 24.3 Å². The average Bonchev–Trinajstić information content (AvgIpc) is 2.68. The third-order valence-electron chi connectivity index (χ3n) is 5.84. The summed E-state index contributed by atoms with van der Waals surface area (Å²) >= 11 is 0. The topological polar surface area (TPSA) is 12.0 Å². The average molecular weight is 241 g/mol. The summed E-state index contributed by atoms with van der Waals surface area (Å²) in [4.78, 5) is 0. The van der Waals surface area contributed by atoms with Crippen LogP contribution in [0.3, 0.4) is 0 Å². The molecule has 1 saturated carbocycles. The van der Waals surface area contributed by atoms with Crippen molar-refractivity contribution < 1.29 is 0 Å². The van der Waals surface area contributed by atoms with E-state index in [1.54, 1.807) is 11.1 Å². The van der Waals surface area contributed by atoms with Crippen molar-refractivity contribution >= 4 is 0 Å². The van der Waals surface area contributed by atoms with Crippen molar-refractivity contribution in [2.75, 3.05) is 0 Å². The second-order valence-corrected chi connectivity index (χ2v) is 6.51. The molecule has 0 radical (unpaired) electrons. The lowest BCUT2D eigenvalue weighted by Gasteiger charge is -2.45.